The van der Waals surface area contributed by atoms with Crippen LogP contribution in [-0.4, -0.2) is 67.6 Å². The van der Waals surface area contributed by atoms with Crippen LogP contribution in [-0.2, 0) is 4.79 Å². The molecule has 0 fully saturated rings. The van der Waals surface area contributed by atoms with Gasteiger partial charge in [-0.05, 0) is 37.3 Å². The van der Waals surface area contributed by atoms with E-state index in [1.54, 1.807) is 42.5 Å². The van der Waals surface area contributed by atoms with Crippen LogP contribution in [0.4, 0.5) is 0 Å². The Bertz CT molecular complexity index is 1360. The van der Waals surface area contributed by atoms with Crippen molar-refractivity contribution in [2.24, 2.45) is 11.8 Å². The second-order valence-corrected chi connectivity index (χ2v) is 10.9. The summed E-state index contributed by atoms with van der Waals surface area (Å²) in [6, 6.07) is 1.31. The molecule has 2 rings (SSSR count). The van der Waals surface area contributed by atoms with Gasteiger partial charge in [0.1, 0.15) is 41.5 Å². The Kier molecular flexibility index (Phi) is 15.0. The molecule has 0 aromatic carbocycles. The molecule has 1 aliphatic rings. The van der Waals surface area contributed by atoms with Gasteiger partial charge in [0.15, 0.2) is 6.10 Å². The van der Waals surface area contributed by atoms with E-state index in [0.29, 0.717) is 5.92 Å². The molecule has 6 N–H and O–H groups in total. The number of allylic oxidation sites excluding steroid dienone is 11. The molecule has 0 bridgehead atoms. The standard InChI is InChI=1S/C34H44O10/c1-5-21(2)16-23(4)18-24(33(40)41)17-22(3)14-12-10-8-6-7-9-11-13-15-25-19-27-28(34(42)43-25)30(38)31(39)32(44-27)29(37)26(36)20-35/h6-15,17-19,21,23,26,29-32,35-39H,5,16,20H2,1-4H3,(H,40,41)/b7-6+,10-8+,11-9+,14-12+,15-13+,22-17+,24-18-/t21?,23?,26?,29?,30-,31+,32-/m0/s1. The molecule has 0 aliphatic carbocycles. The second-order valence-electron chi connectivity index (χ2n) is 10.9. The van der Waals surface area contributed by atoms with Crippen LogP contribution >= 0.6 is 0 Å². The first-order valence-corrected chi connectivity index (χ1v) is 14.5. The molecule has 240 valence electrons. The van der Waals surface area contributed by atoms with Crippen molar-refractivity contribution in [2.45, 2.75) is 71.1 Å². The first kappa shape index (κ1) is 36.4. The minimum atomic E-state index is -1.73. The fraction of sp³-hybridized carbons (Fsp3) is 0.412. The molecule has 2 heterocycles. The largest absolute Gasteiger partial charge is 0.484 e. The second kappa shape index (κ2) is 18.1. The molecule has 4 unspecified atom stereocenters. The van der Waals surface area contributed by atoms with Crippen LogP contribution in [0.2, 0.25) is 0 Å². The van der Waals surface area contributed by atoms with Crippen molar-refractivity contribution in [1.29, 1.82) is 0 Å². The first-order valence-electron chi connectivity index (χ1n) is 14.5. The van der Waals surface area contributed by atoms with Crippen LogP contribution in [0.25, 0.3) is 6.08 Å². The normalized spacial score (nSPS) is 22.6. The summed E-state index contributed by atoms with van der Waals surface area (Å²) in [4.78, 5) is 24.1. The van der Waals surface area contributed by atoms with Gasteiger partial charge in [-0.25, -0.2) is 9.59 Å². The Balaban J connectivity index is 1.98. The quantitative estimate of drug-likeness (QED) is 0.126. The van der Waals surface area contributed by atoms with Crippen LogP contribution < -0.4 is 10.4 Å². The molecule has 0 amide bonds. The van der Waals surface area contributed by atoms with Gasteiger partial charge in [0.05, 0.1) is 12.2 Å². The maximum absolute atomic E-state index is 12.4. The zero-order chi connectivity index (χ0) is 32.8. The van der Waals surface area contributed by atoms with Crippen molar-refractivity contribution in [2.75, 3.05) is 6.61 Å². The Hall–Kier alpha value is -3.80. The van der Waals surface area contributed by atoms with Crippen molar-refractivity contribution < 1.29 is 44.6 Å². The Morgan fingerprint density at radius 3 is 2.23 bits per heavy atom. The van der Waals surface area contributed by atoms with E-state index in [1.807, 2.05) is 38.2 Å². The number of ether oxygens (including phenoxy) is 1. The topological polar surface area (TPSA) is 178 Å². The molecule has 1 aliphatic heterocycles. The van der Waals surface area contributed by atoms with E-state index in [1.165, 1.54) is 12.1 Å². The Morgan fingerprint density at radius 2 is 1.64 bits per heavy atom. The van der Waals surface area contributed by atoms with E-state index in [2.05, 4.69) is 13.8 Å². The number of aliphatic hydroxyl groups excluding tert-OH is 5. The van der Waals surface area contributed by atoms with Gasteiger partial charge < -0.3 is 39.8 Å². The monoisotopic (exact) mass is 612 g/mol. The number of carboxylic acids is 1. The third kappa shape index (κ3) is 11.0. The summed E-state index contributed by atoms with van der Waals surface area (Å²) < 4.78 is 10.7. The average molecular weight is 613 g/mol. The van der Waals surface area contributed by atoms with Gasteiger partial charge in [0.25, 0.3) is 0 Å². The molecule has 0 radical (unpaired) electrons. The van der Waals surface area contributed by atoms with Gasteiger partial charge in [-0.3, -0.25) is 0 Å². The number of rotatable bonds is 15. The molecule has 0 saturated heterocycles. The highest BCUT2D eigenvalue weighted by atomic mass is 16.5. The van der Waals surface area contributed by atoms with Crippen LogP contribution in [0.1, 0.15) is 58.0 Å². The zero-order valence-corrected chi connectivity index (χ0v) is 25.5. The predicted molar refractivity (Wildman–Crippen MR) is 168 cm³/mol. The minimum absolute atomic E-state index is 0.0845. The molecule has 0 spiro atoms. The molecule has 7 atom stereocenters. The summed E-state index contributed by atoms with van der Waals surface area (Å²) in [6.07, 6.45) is 14.5. The van der Waals surface area contributed by atoms with E-state index in [4.69, 9.17) is 14.3 Å². The van der Waals surface area contributed by atoms with Crippen LogP contribution in [0, 0.1) is 11.8 Å². The van der Waals surface area contributed by atoms with E-state index >= 15 is 0 Å². The fourth-order valence-electron chi connectivity index (χ4n) is 4.50. The summed E-state index contributed by atoms with van der Waals surface area (Å²) in [7, 11) is 0. The van der Waals surface area contributed by atoms with Crippen LogP contribution in [0.15, 0.2) is 93.3 Å². The number of carboxylic acid groups (broad SMARTS) is 1. The molecule has 44 heavy (non-hydrogen) atoms. The Labute approximate surface area is 257 Å². The van der Waals surface area contributed by atoms with Crippen LogP contribution in [0.3, 0.4) is 0 Å². The smallest absolute Gasteiger partial charge is 0.345 e. The molecule has 10 heteroatoms. The van der Waals surface area contributed by atoms with Gasteiger partial charge in [-0.1, -0.05) is 93.5 Å². The lowest BCUT2D eigenvalue weighted by molar-refractivity contribution is -0.143. The summed E-state index contributed by atoms with van der Waals surface area (Å²) in [5.41, 5.74) is -0.146. The summed E-state index contributed by atoms with van der Waals surface area (Å²) >= 11 is 0. The van der Waals surface area contributed by atoms with E-state index in [9.17, 15) is 35.1 Å². The Morgan fingerprint density at radius 1 is 1.02 bits per heavy atom. The molecule has 1 aromatic heterocycles. The van der Waals surface area contributed by atoms with Crippen molar-refractivity contribution >= 4 is 12.0 Å². The van der Waals surface area contributed by atoms with Crippen molar-refractivity contribution in [3.05, 3.63) is 106 Å². The molecule has 10 nitrogen and oxygen atoms in total. The number of hydrogen-bond acceptors (Lipinski definition) is 9. The zero-order valence-electron chi connectivity index (χ0n) is 25.5. The number of hydrogen-bond donors (Lipinski definition) is 6. The third-order valence-electron chi connectivity index (χ3n) is 7.07. The number of fused-ring (bicyclic) bond motifs is 1. The average Bonchev–Trinajstić information content (AvgIpc) is 2.98. The summed E-state index contributed by atoms with van der Waals surface area (Å²) in [5.74, 6) is -0.270. The molecule has 0 saturated carbocycles. The summed E-state index contributed by atoms with van der Waals surface area (Å²) in [5, 5.41) is 59.1. The first-order chi connectivity index (χ1) is 20.9. The molecular weight excluding hydrogens is 568 g/mol. The van der Waals surface area contributed by atoms with E-state index in [0.717, 1.165) is 18.4 Å². The lowest BCUT2D eigenvalue weighted by Gasteiger charge is -2.36. The highest BCUT2D eigenvalue weighted by Gasteiger charge is 2.44. The van der Waals surface area contributed by atoms with Gasteiger partial charge >= 0.3 is 11.6 Å². The lowest BCUT2D eigenvalue weighted by atomic mass is 9.92. The number of carbonyl (C=O) groups is 1. The third-order valence-corrected chi connectivity index (χ3v) is 7.07. The maximum atomic E-state index is 12.4. The SMILES string of the molecule is CCC(C)CC(C)/C=C(/C=C(C)/C=C/C=C/C=C/C=C/C=C/c1cc2c(c(=O)o1)[C@H](O)[C@@H](O)[C@H](C(O)C(O)CO)O2)C(=O)O. The van der Waals surface area contributed by atoms with Crippen molar-refractivity contribution in [3.8, 4) is 5.75 Å². The van der Waals surface area contributed by atoms with Gasteiger partial charge in [-0.2, -0.15) is 0 Å². The fourth-order valence-corrected chi connectivity index (χ4v) is 4.50. The van der Waals surface area contributed by atoms with Gasteiger partial charge in [0, 0.05) is 6.07 Å². The number of aliphatic carboxylic acids is 1. The van der Waals surface area contributed by atoms with Gasteiger partial charge in [0.2, 0.25) is 0 Å². The van der Waals surface area contributed by atoms with E-state index in [-0.39, 0.29) is 28.6 Å². The molecular formula is C34H44O10. The van der Waals surface area contributed by atoms with Crippen molar-refractivity contribution in [3.63, 3.8) is 0 Å². The minimum Gasteiger partial charge on any atom is -0.484 e. The van der Waals surface area contributed by atoms with E-state index < -0.39 is 48.7 Å². The maximum Gasteiger partial charge on any atom is 0.345 e. The van der Waals surface area contributed by atoms with Crippen LogP contribution in [0.5, 0.6) is 5.75 Å². The number of aliphatic hydroxyl groups is 5. The molecule has 1 aromatic rings. The predicted octanol–water partition coefficient (Wildman–Crippen LogP) is 3.78. The highest BCUT2D eigenvalue weighted by Crippen LogP contribution is 2.35. The van der Waals surface area contributed by atoms with Crippen molar-refractivity contribution in [1.82, 2.24) is 0 Å². The van der Waals surface area contributed by atoms with Gasteiger partial charge in [-0.15, -0.1) is 0 Å². The lowest BCUT2D eigenvalue weighted by Crippen LogP contribution is -2.53. The highest BCUT2D eigenvalue weighted by molar-refractivity contribution is 5.90. The summed E-state index contributed by atoms with van der Waals surface area (Å²) in [6.45, 7) is 7.37.